The van der Waals surface area contributed by atoms with Crippen LogP contribution in [0.1, 0.15) is 43.7 Å². The molecule has 82 valence electrons. The first kappa shape index (κ1) is 10.7. The summed E-state index contributed by atoms with van der Waals surface area (Å²) in [5.41, 5.74) is 2.88. The lowest BCUT2D eigenvalue weighted by Crippen LogP contribution is -1.97. The number of benzene rings is 1. The van der Waals surface area contributed by atoms with Gasteiger partial charge in [0.25, 0.3) is 0 Å². The summed E-state index contributed by atoms with van der Waals surface area (Å²) in [7, 11) is 0. The van der Waals surface area contributed by atoms with Crippen LogP contribution in [0.2, 0.25) is 0 Å². The zero-order valence-electron chi connectivity index (χ0n) is 10.00. The highest BCUT2D eigenvalue weighted by atomic mass is 14.3. The van der Waals surface area contributed by atoms with Gasteiger partial charge >= 0.3 is 0 Å². The molecule has 1 fully saturated rings. The Balaban J connectivity index is 1.80. The fourth-order valence-electron chi connectivity index (χ4n) is 2.71. The van der Waals surface area contributed by atoms with Gasteiger partial charge in [-0.1, -0.05) is 49.6 Å². The highest BCUT2D eigenvalue weighted by Gasteiger charge is 2.20. The van der Waals surface area contributed by atoms with Crippen molar-refractivity contribution < 1.29 is 0 Å². The minimum Gasteiger partial charge on any atom is -0.0625 e. The van der Waals surface area contributed by atoms with Gasteiger partial charge < -0.3 is 0 Å². The average molecular weight is 202 g/mol. The number of hydrogen-bond donors (Lipinski definition) is 0. The van der Waals surface area contributed by atoms with Crippen LogP contribution in [-0.4, -0.2) is 0 Å². The molecule has 2 rings (SSSR count). The third-order valence-electron chi connectivity index (χ3n) is 3.77. The van der Waals surface area contributed by atoms with Gasteiger partial charge in [0.2, 0.25) is 0 Å². The molecule has 0 aliphatic heterocycles. The van der Waals surface area contributed by atoms with Gasteiger partial charge in [-0.15, -0.1) is 0 Å². The quantitative estimate of drug-likeness (QED) is 0.683. The van der Waals surface area contributed by atoms with E-state index in [9.17, 15) is 0 Å². The fourth-order valence-corrected chi connectivity index (χ4v) is 2.71. The van der Waals surface area contributed by atoms with Crippen LogP contribution in [0, 0.1) is 18.8 Å². The van der Waals surface area contributed by atoms with E-state index in [1.54, 1.807) is 0 Å². The predicted octanol–water partition coefficient (Wildman–Crippen LogP) is 4.36. The van der Waals surface area contributed by atoms with Gasteiger partial charge in [-0.3, -0.25) is 0 Å². The second-order valence-electron chi connectivity index (χ2n) is 5.31. The van der Waals surface area contributed by atoms with Crippen molar-refractivity contribution in [1.29, 1.82) is 0 Å². The van der Waals surface area contributed by atoms with Gasteiger partial charge in [-0.05, 0) is 43.6 Å². The minimum absolute atomic E-state index is 0.980. The lowest BCUT2D eigenvalue weighted by atomic mass is 9.97. The van der Waals surface area contributed by atoms with Crippen molar-refractivity contribution in [1.82, 2.24) is 0 Å². The van der Waals surface area contributed by atoms with Gasteiger partial charge in [-0.2, -0.15) is 0 Å². The SMILES string of the molecule is Cc1ccc(CCC2CCC(C)C2)cc1. The third kappa shape index (κ3) is 3.09. The molecule has 0 bridgehead atoms. The molecule has 2 unspecified atom stereocenters. The summed E-state index contributed by atoms with van der Waals surface area (Å²) in [5.74, 6) is 1.98. The summed E-state index contributed by atoms with van der Waals surface area (Å²) < 4.78 is 0. The zero-order chi connectivity index (χ0) is 10.7. The van der Waals surface area contributed by atoms with Crippen molar-refractivity contribution in [2.24, 2.45) is 11.8 Å². The summed E-state index contributed by atoms with van der Waals surface area (Å²) in [6, 6.07) is 9.03. The van der Waals surface area contributed by atoms with Crippen molar-refractivity contribution in [3.63, 3.8) is 0 Å². The van der Waals surface area contributed by atoms with E-state index >= 15 is 0 Å². The molecule has 1 aromatic carbocycles. The molecular formula is C15H22. The topological polar surface area (TPSA) is 0 Å². The molecule has 1 saturated carbocycles. The van der Waals surface area contributed by atoms with Crippen LogP contribution in [0.4, 0.5) is 0 Å². The van der Waals surface area contributed by atoms with Crippen LogP contribution in [0.5, 0.6) is 0 Å². The molecule has 0 amide bonds. The molecule has 1 aliphatic carbocycles. The Morgan fingerprint density at radius 3 is 2.47 bits per heavy atom. The Bertz CT molecular complexity index is 296. The summed E-state index contributed by atoms with van der Waals surface area (Å²) in [6.07, 6.45) is 7.06. The molecule has 0 nitrogen and oxygen atoms in total. The highest BCUT2D eigenvalue weighted by Crippen LogP contribution is 2.33. The second-order valence-corrected chi connectivity index (χ2v) is 5.31. The molecule has 0 aromatic heterocycles. The molecule has 15 heavy (non-hydrogen) atoms. The maximum Gasteiger partial charge on any atom is -0.0276 e. The summed E-state index contributed by atoms with van der Waals surface area (Å²) in [6.45, 7) is 4.55. The second kappa shape index (κ2) is 4.83. The molecule has 0 saturated heterocycles. The Kier molecular flexibility index (Phi) is 3.45. The van der Waals surface area contributed by atoms with Gasteiger partial charge in [0.15, 0.2) is 0 Å². The normalized spacial score (nSPS) is 25.7. The molecule has 2 atom stereocenters. The third-order valence-corrected chi connectivity index (χ3v) is 3.77. The van der Waals surface area contributed by atoms with Crippen LogP contribution in [0.3, 0.4) is 0 Å². The first-order valence-electron chi connectivity index (χ1n) is 6.29. The van der Waals surface area contributed by atoms with Crippen LogP contribution >= 0.6 is 0 Å². The van der Waals surface area contributed by atoms with Crippen molar-refractivity contribution in [2.75, 3.05) is 0 Å². The first-order chi connectivity index (χ1) is 7.24. The van der Waals surface area contributed by atoms with Crippen molar-refractivity contribution >= 4 is 0 Å². The van der Waals surface area contributed by atoms with Crippen molar-refractivity contribution in [3.8, 4) is 0 Å². The van der Waals surface area contributed by atoms with E-state index in [2.05, 4.69) is 38.1 Å². The molecular weight excluding hydrogens is 180 g/mol. The zero-order valence-corrected chi connectivity index (χ0v) is 10.00. The van der Waals surface area contributed by atoms with Gasteiger partial charge in [0.05, 0.1) is 0 Å². The molecule has 0 radical (unpaired) electrons. The Morgan fingerprint density at radius 2 is 1.87 bits per heavy atom. The van der Waals surface area contributed by atoms with E-state index in [0.717, 1.165) is 11.8 Å². The summed E-state index contributed by atoms with van der Waals surface area (Å²) >= 11 is 0. The maximum absolute atomic E-state index is 2.39. The van der Waals surface area contributed by atoms with E-state index in [4.69, 9.17) is 0 Å². The fraction of sp³-hybridized carbons (Fsp3) is 0.600. The average Bonchev–Trinajstić information content (AvgIpc) is 2.64. The van der Waals surface area contributed by atoms with E-state index < -0.39 is 0 Å². The van der Waals surface area contributed by atoms with E-state index in [1.807, 2.05) is 0 Å². The summed E-state index contributed by atoms with van der Waals surface area (Å²) in [4.78, 5) is 0. The smallest absolute Gasteiger partial charge is 0.0276 e. The molecule has 0 N–H and O–H groups in total. The van der Waals surface area contributed by atoms with E-state index in [0.29, 0.717) is 0 Å². The Morgan fingerprint density at radius 1 is 1.13 bits per heavy atom. The molecule has 1 aromatic rings. The van der Waals surface area contributed by atoms with E-state index in [-0.39, 0.29) is 0 Å². The van der Waals surface area contributed by atoms with Crippen LogP contribution in [0.15, 0.2) is 24.3 Å². The first-order valence-corrected chi connectivity index (χ1v) is 6.29. The van der Waals surface area contributed by atoms with Crippen molar-refractivity contribution in [3.05, 3.63) is 35.4 Å². The Labute approximate surface area is 93.7 Å². The molecule has 0 heterocycles. The monoisotopic (exact) mass is 202 g/mol. The van der Waals surface area contributed by atoms with Gasteiger partial charge in [0.1, 0.15) is 0 Å². The standard InChI is InChI=1S/C15H22/c1-12-3-6-14(7-4-12)9-10-15-8-5-13(2)11-15/h3-4,6-7,13,15H,5,8-11H2,1-2H3. The summed E-state index contributed by atoms with van der Waals surface area (Å²) in [5, 5.41) is 0. The molecule has 1 aliphatic rings. The molecule has 0 spiro atoms. The maximum atomic E-state index is 2.39. The van der Waals surface area contributed by atoms with Gasteiger partial charge in [-0.25, -0.2) is 0 Å². The highest BCUT2D eigenvalue weighted by molar-refractivity contribution is 5.21. The lowest BCUT2D eigenvalue weighted by Gasteiger charge is -2.09. The predicted molar refractivity (Wildman–Crippen MR) is 66.0 cm³/mol. The van der Waals surface area contributed by atoms with Crippen LogP contribution in [0.25, 0.3) is 0 Å². The largest absolute Gasteiger partial charge is 0.0625 e. The van der Waals surface area contributed by atoms with E-state index in [1.165, 1.54) is 43.2 Å². The molecule has 0 heteroatoms. The van der Waals surface area contributed by atoms with Crippen molar-refractivity contribution in [2.45, 2.75) is 46.0 Å². The Hall–Kier alpha value is -0.780. The van der Waals surface area contributed by atoms with Gasteiger partial charge in [0, 0.05) is 0 Å². The number of hydrogen-bond acceptors (Lipinski definition) is 0. The minimum atomic E-state index is 0.980. The lowest BCUT2D eigenvalue weighted by molar-refractivity contribution is 0.480. The van der Waals surface area contributed by atoms with Crippen LogP contribution < -0.4 is 0 Å². The number of rotatable bonds is 3. The van der Waals surface area contributed by atoms with Crippen LogP contribution in [-0.2, 0) is 6.42 Å². The number of aryl methyl sites for hydroxylation is 2.